The van der Waals surface area contributed by atoms with Gasteiger partial charge in [-0.15, -0.1) is 0 Å². The van der Waals surface area contributed by atoms with E-state index in [-0.39, 0.29) is 12.4 Å². The minimum atomic E-state index is -0.685. The number of aromatic nitrogens is 1. The van der Waals surface area contributed by atoms with Crippen molar-refractivity contribution in [2.45, 2.75) is 6.61 Å². The lowest BCUT2D eigenvalue weighted by Crippen LogP contribution is -2.02. The first-order valence-corrected chi connectivity index (χ1v) is 5.80. The molecule has 2 aromatic rings. The van der Waals surface area contributed by atoms with Crippen molar-refractivity contribution >= 4 is 11.5 Å². The van der Waals surface area contributed by atoms with Crippen molar-refractivity contribution in [2.24, 2.45) is 0 Å². The summed E-state index contributed by atoms with van der Waals surface area (Å²) in [7, 11) is 1.73. The van der Waals surface area contributed by atoms with Gasteiger partial charge in [-0.2, -0.15) is 0 Å². The number of pyridine rings is 1. The average molecular weight is 277 g/mol. The fraction of sp³-hybridized carbons (Fsp3) is 0.154. The summed E-state index contributed by atoms with van der Waals surface area (Å²) in [5.74, 6) is -0.00729. The first-order valence-electron chi connectivity index (χ1n) is 5.80. The van der Waals surface area contributed by atoms with Crippen LogP contribution < -0.4 is 10.1 Å². The van der Waals surface area contributed by atoms with Gasteiger partial charge in [0.05, 0.1) is 16.7 Å². The second-order valence-corrected chi connectivity index (χ2v) is 3.92. The maximum absolute atomic E-state index is 13.0. The number of rotatable bonds is 5. The minimum Gasteiger partial charge on any atom is -0.480 e. The summed E-state index contributed by atoms with van der Waals surface area (Å²) in [6.45, 7) is 0.0575. The van der Waals surface area contributed by atoms with Gasteiger partial charge in [0, 0.05) is 7.05 Å². The molecule has 1 N–H and O–H groups in total. The van der Waals surface area contributed by atoms with Crippen molar-refractivity contribution < 1.29 is 14.1 Å². The highest BCUT2D eigenvalue weighted by Crippen LogP contribution is 2.28. The van der Waals surface area contributed by atoms with E-state index < -0.39 is 16.4 Å². The van der Waals surface area contributed by atoms with E-state index in [2.05, 4.69) is 10.3 Å². The van der Waals surface area contributed by atoms with Crippen LogP contribution in [0, 0.1) is 15.9 Å². The number of nitro groups is 1. The smallest absolute Gasteiger partial charge is 0.313 e. The van der Waals surface area contributed by atoms with Crippen LogP contribution in [0.4, 0.5) is 15.9 Å². The zero-order chi connectivity index (χ0) is 14.5. The number of nitrogens with zero attached hydrogens (tertiary/aromatic N) is 2. The zero-order valence-electron chi connectivity index (χ0n) is 10.7. The van der Waals surface area contributed by atoms with Gasteiger partial charge in [-0.25, -0.2) is 9.37 Å². The normalized spacial score (nSPS) is 10.1. The monoisotopic (exact) mass is 277 g/mol. The summed E-state index contributed by atoms with van der Waals surface area (Å²) in [6.07, 6.45) is 0. The van der Waals surface area contributed by atoms with Gasteiger partial charge >= 0.3 is 5.69 Å². The van der Waals surface area contributed by atoms with Gasteiger partial charge in [0.2, 0.25) is 0 Å². The third-order valence-corrected chi connectivity index (χ3v) is 2.56. The van der Waals surface area contributed by atoms with E-state index in [0.29, 0.717) is 11.5 Å². The number of anilines is 1. The first-order chi connectivity index (χ1) is 9.60. The lowest BCUT2D eigenvalue weighted by Gasteiger charge is -2.07. The molecule has 104 valence electrons. The Morgan fingerprint density at radius 1 is 1.40 bits per heavy atom. The lowest BCUT2D eigenvalue weighted by atomic mass is 10.3. The van der Waals surface area contributed by atoms with Gasteiger partial charge in [-0.3, -0.25) is 10.1 Å². The van der Waals surface area contributed by atoms with Crippen molar-refractivity contribution in [2.75, 3.05) is 12.4 Å². The molecule has 0 aliphatic heterocycles. The second kappa shape index (κ2) is 5.96. The van der Waals surface area contributed by atoms with Gasteiger partial charge < -0.3 is 10.1 Å². The molecule has 1 aromatic heterocycles. The summed E-state index contributed by atoms with van der Waals surface area (Å²) in [5.41, 5.74) is 0.199. The summed E-state index contributed by atoms with van der Waals surface area (Å²) in [5, 5.41) is 13.7. The molecule has 1 heterocycles. The maximum Gasteiger partial charge on any atom is 0.313 e. The van der Waals surface area contributed by atoms with Crippen molar-refractivity contribution in [3.05, 3.63) is 58.0 Å². The SMILES string of the molecule is CNc1cccc(COc2ccc(F)cc2[N+](=O)[O-])n1. The van der Waals surface area contributed by atoms with Crippen LogP contribution >= 0.6 is 0 Å². The summed E-state index contributed by atoms with van der Waals surface area (Å²) in [4.78, 5) is 14.4. The molecule has 0 aliphatic carbocycles. The predicted molar refractivity (Wildman–Crippen MR) is 71.2 cm³/mol. The molecule has 0 amide bonds. The molecular formula is C13H12FN3O3. The van der Waals surface area contributed by atoms with Crippen molar-refractivity contribution in [3.8, 4) is 5.75 Å². The van der Waals surface area contributed by atoms with E-state index in [4.69, 9.17) is 4.74 Å². The Hall–Kier alpha value is -2.70. The van der Waals surface area contributed by atoms with Gasteiger partial charge in [0.25, 0.3) is 0 Å². The Balaban J connectivity index is 2.16. The maximum atomic E-state index is 13.0. The molecule has 7 heteroatoms. The molecule has 0 bridgehead atoms. The molecule has 6 nitrogen and oxygen atoms in total. The van der Waals surface area contributed by atoms with Crippen molar-refractivity contribution in [3.63, 3.8) is 0 Å². The molecule has 0 radical (unpaired) electrons. The first kappa shape index (κ1) is 13.7. The fourth-order valence-corrected chi connectivity index (χ4v) is 1.61. The highest BCUT2D eigenvalue weighted by molar-refractivity contribution is 5.46. The minimum absolute atomic E-state index is 0.00746. The quantitative estimate of drug-likeness (QED) is 0.671. The number of hydrogen-bond acceptors (Lipinski definition) is 5. The van der Waals surface area contributed by atoms with E-state index in [1.54, 1.807) is 25.2 Å². The largest absolute Gasteiger partial charge is 0.480 e. The number of halogens is 1. The third kappa shape index (κ3) is 3.19. The van der Waals surface area contributed by atoms with Gasteiger partial charge in [-0.1, -0.05) is 6.07 Å². The van der Waals surface area contributed by atoms with Crippen LogP contribution in [0.15, 0.2) is 36.4 Å². The van der Waals surface area contributed by atoms with E-state index in [0.717, 1.165) is 12.1 Å². The summed E-state index contributed by atoms with van der Waals surface area (Å²) < 4.78 is 18.3. The van der Waals surface area contributed by atoms with Gasteiger partial charge in [-0.05, 0) is 24.3 Å². The Labute approximate surface area is 114 Å². The third-order valence-electron chi connectivity index (χ3n) is 2.56. The Kier molecular flexibility index (Phi) is 4.09. The van der Waals surface area contributed by atoms with E-state index in [9.17, 15) is 14.5 Å². The molecule has 20 heavy (non-hydrogen) atoms. The Bertz CT molecular complexity index is 634. The van der Waals surface area contributed by atoms with Crippen LogP contribution in [-0.2, 0) is 6.61 Å². The summed E-state index contributed by atoms with van der Waals surface area (Å²) >= 11 is 0. The Morgan fingerprint density at radius 3 is 2.90 bits per heavy atom. The van der Waals surface area contributed by atoms with Crippen LogP contribution in [0.5, 0.6) is 5.75 Å². The molecular weight excluding hydrogens is 265 g/mol. The standard InChI is InChI=1S/C13H12FN3O3/c1-15-13-4-2-3-10(16-13)8-20-12-6-5-9(14)7-11(12)17(18)19/h2-7H,8H2,1H3,(H,15,16). The average Bonchev–Trinajstić information content (AvgIpc) is 2.46. The van der Waals surface area contributed by atoms with Crippen LogP contribution in [0.1, 0.15) is 5.69 Å². The number of nitrogens with one attached hydrogen (secondary N) is 1. The molecule has 0 aliphatic rings. The number of ether oxygens (including phenoxy) is 1. The van der Waals surface area contributed by atoms with Crippen LogP contribution in [0.3, 0.4) is 0 Å². The van der Waals surface area contributed by atoms with Gasteiger partial charge in [0.1, 0.15) is 18.2 Å². The van der Waals surface area contributed by atoms with Crippen LogP contribution in [0.2, 0.25) is 0 Å². The molecule has 0 spiro atoms. The molecule has 0 saturated heterocycles. The molecule has 0 saturated carbocycles. The lowest BCUT2D eigenvalue weighted by molar-refractivity contribution is -0.386. The zero-order valence-corrected chi connectivity index (χ0v) is 10.7. The van der Waals surface area contributed by atoms with E-state index in [1.807, 2.05) is 0 Å². The molecule has 1 aromatic carbocycles. The number of hydrogen-bond donors (Lipinski definition) is 1. The van der Waals surface area contributed by atoms with Crippen molar-refractivity contribution in [1.29, 1.82) is 0 Å². The second-order valence-electron chi connectivity index (χ2n) is 3.92. The topological polar surface area (TPSA) is 77.3 Å². The number of benzene rings is 1. The molecule has 0 atom stereocenters. The van der Waals surface area contributed by atoms with Crippen molar-refractivity contribution in [1.82, 2.24) is 4.98 Å². The number of nitro benzene ring substituents is 1. The molecule has 0 fully saturated rings. The van der Waals surface area contributed by atoms with E-state index in [1.165, 1.54) is 6.07 Å². The molecule has 0 unspecified atom stereocenters. The van der Waals surface area contributed by atoms with Crippen LogP contribution in [-0.4, -0.2) is 17.0 Å². The summed E-state index contributed by atoms with van der Waals surface area (Å²) in [6, 6.07) is 8.47. The van der Waals surface area contributed by atoms with Gasteiger partial charge in [0.15, 0.2) is 5.75 Å². The van der Waals surface area contributed by atoms with E-state index >= 15 is 0 Å². The highest BCUT2D eigenvalue weighted by atomic mass is 19.1. The highest BCUT2D eigenvalue weighted by Gasteiger charge is 2.16. The molecule has 2 rings (SSSR count). The fourth-order valence-electron chi connectivity index (χ4n) is 1.61. The van der Waals surface area contributed by atoms with Crippen LogP contribution in [0.25, 0.3) is 0 Å². The predicted octanol–water partition coefficient (Wildman–Crippen LogP) is 2.75. The Morgan fingerprint density at radius 2 is 2.20 bits per heavy atom.